The average Bonchev–Trinajstić information content (AvgIpc) is 3.44. The fraction of sp³-hybridized carbons (Fsp3) is 0.0690. The molecule has 0 saturated carbocycles. The summed E-state index contributed by atoms with van der Waals surface area (Å²) in [6.07, 6.45) is -3.20. The summed E-state index contributed by atoms with van der Waals surface area (Å²) < 4.78 is 41.6. The third-order valence-corrected chi connectivity index (χ3v) is 5.34. The first-order valence-electron chi connectivity index (χ1n) is 11.5. The molecule has 0 unspecified atom stereocenters. The minimum atomic E-state index is -4.70. The standard InChI is InChI=1S/C15H10F3N3O.C14H13NO/c16-15(17,18)22-13-8-6-12(7-9-13)21-10-19-14(20-21)11-4-2-1-3-5-11;1-15-14(16)13-10-6-5-9-12(13)11-7-3-2-4-8-11/h1-10H;2-10H,1H3,(H,15,16). The number of amides is 1. The van der Waals surface area contributed by atoms with Crippen LogP contribution in [0, 0.1) is 0 Å². The number of benzene rings is 4. The van der Waals surface area contributed by atoms with Gasteiger partial charge in [0.25, 0.3) is 5.91 Å². The molecule has 0 radical (unpaired) electrons. The molecule has 4 aromatic carbocycles. The smallest absolute Gasteiger partial charge is 0.406 e. The van der Waals surface area contributed by atoms with Gasteiger partial charge >= 0.3 is 6.36 Å². The van der Waals surface area contributed by atoms with Crippen molar-refractivity contribution in [1.29, 1.82) is 0 Å². The third kappa shape index (κ3) is 6.85. The van der Waals surface area contributed by atoms with Gasteiger partial charge in [-0.15, -0.1) is 18.3 Å². The highest BCUT2D eigenvalue weighted by molar-refractivity contribution is 6.00. The van der Waals surface area contributed by atoms with Crippen LogP contribution in [0.2, 0.25) is 0 Å². The van der Waals surface area contributed by atoms with Gasteiger partial charge in [-0.05, 0) is 41.5 Å². The van der Waals surface area contributed by atoms with Gasteiger partial charge in [0.1, 0.15) is 12.1 Å². The van der Waals surface area contributed by atoms with Gasteiger partial charge in [0.2, 0.25) is 0 Å². The molecule has 0 fully saturated rings. The van der Waals surface area contributed by atoms with Crippen molar-refractivity contribution in [2.75, 3.05) is 7.05 Å². The number of ether oxygens (including phenoxy) is 1. The van der Waals surface area contributed by atoms with Crippen molar-refractivity contribution in [3.8, 4) is 34.0 Å². The number of carbonyl (C=O) groups is 1. The molecule has 0 spiro atoms. The van der Waals surface area contributed by atoms with Crippen molar-refractivity contribution in [2.45, 2.75) is 6.36 Å². The monoisotopic (exact) mass is 516 g/mol. The van der Waals surface area contributed by atoms with Crippen LogP contribution in [0.1, 0.15) is 10.4 Å². The number of hydrogen-bond donors (Lipinski definition) is 1. The van der Waals surface area contributed by atoms with Gasteiger partial charge in [0.15, 0.2) is 5.82 Å². The minimum Gasteiger partial charge on any atom is -0.406 e. The van der Waals surface area contributed by atoms with Crippen molar-refractivity contribution in [3.63, 3.8) is 0 Å². The zero-order valence-electron chi connectivity index (χ0n) is 20.3. The maximum absolute atomic E-state index is 12.1. The van der Waals surface area contributed by atoms with E-state index in [0.717, 1.165) is 16.7 Å². The molecule has 0 bridgehead atoms. The summed E-state index contributed by atoms with van der Waals surface area (Å²) in [5, 5.41) is 6.95. The van der Waals surface area contributed by atoms with Gasteiger partial charge in [0.05, 0.1) is 5.69 Å². The van der Waals surface area contributed by atoms with E-state index in [0.29, 0.717) is 17.1 Å². The highest BCUT2D eigenvalue weighted by atomic mass is 19.4. The van der Waals surface area contributed by atoms with Crippen LogP contribution >= 0.6 is 0 Å². The van der Waals surface area contributed by atoms with Crippen LogP contribution in [0.3, 0.4) is 0 Å². The van der Waals surface area contributed by atoms with Crippen molar-refractivity contribution in [2.24, 2.45) is 0 Å². The Morgan fingerprint density at radius 1 is 0.789 bits per heavy atom. The van der Waals surface area contributed by atoms with Crippen LogP contribution in [-0.4, -0.2) is 34.1 Å². The van der Waals surface area contributed by atoms with Crippen LogP contribution < -0.4 is 10.1 Å². The highest BCUT2D eigenvalue weighted by Crippen LogP contribution is 2.24. The maximum Gasteiger partial charge on any atom is 0.573 e. The Kier molecular flexibility index (Phi) is 8.17. The van der Waals surface area contributed by atoms with E-state index in [-0.39, 0.29) is 11.7 Å². The molecule has 0 aliphatic rings. The Morgan fingerprint density at radius 3 is 1.97 bits per heavy atom. The quantitative estimate of drug-likeness (QED) is 0.288. The molecule has 192 valence electrons. The third-order valence-electron chi connectivity index (χ3n) is 5.34. The van der Waals surface area contributed by atoms with Gasteiger partial charge in [-0.2, -0.15) is 0 Å². The van der Waals surface area contributed by atoms with Crippen LogP contribution in [0.4, 0.5) is 13.2 Å². The lowest BCUT2D eigenvalue weighted by molar-refractivity contribution is -0.274. The average molecular weight is 517 g/mol. The van der Waals surface area contributed by atoms with Crippen LogP contribution in [0.25, 0.3) is 28.2 Å². The number of carbonyl (C=O) groups excluding carboxylic acids is 1. The summed E-state index contributed by atoms with van der Waals surface area (Å²) in [6.45, 7) is 0. The fourth-order valence-electron chi connectivity index (χ4n) is 3.59. The van der Waals surface area contributed by atoms with E-state index in [2.05, 4.69) is 20.1 Å². The number of hydrogen-bond acceptors (Lipinski definition) is 4. The molecule has 0 saturated heterocycles. The molecule has 1 heterocycles. The lowest BCUT2D eigenvalue weighted by Gasteiger charge is -2.09. The molecule has 9 heteroatoms. The van der Waals surface area contributed by atoms with Crippen LogP contribution in [0.15, 0.2) is 116 Å². The van der Waals surface area contributed by atoms with Gasteiger partial charge in [0, 0.05) is 18.2 Å². The number of nitrogens with one attached hydrogen (secondary N) is 1. The lowest BCUT2D eigenvalue weighted by atomic mass is 9.99. The van der Waals surface area contributed by atoms with E-state index in [4.69, 9.17) is 0 Å². The molecule has 0 atom stereocenters. The fourth-order valence-corrected chi connectivity index (χ4v) is 3.59. The topological polar surface area (TPSA) is 69.0 Å². The zero-order valence-corrected chi connectivity index (χ0v) is 20.3. The zero-order chi connectivity index (χ0) is 27.0. The SMILES string of the molecule is CNC(=O)c1ccccc1-c1ccccc1.FC(F)(F)Oc1ccc(-n2cnc(-c3ccccc3)n2)cc1. The Bertz CT molecular complexity index is 1470. The van der Waals surface area contributed by atoms with E-state index in [1.54, 1.807) is 7.05 Å². The van der Waals surface area contributed by atoms with Gasteiger partial charge in [-0.1, -0.05) is 78.9 Å². The Hall–Kier alpha value is -4.92. The molecule has 0 aliphatic heterocycles. The van der Waals surface area contributed by atoms with Crippen molar-refractivity contribution < 1.29 is 22.7 Å². The second-order valence-electron chi connectivity index (χ2n) is 7.91. The Morgan fingerprint density at radius 2 is 1.37 bits per heavy atom. The first-order valence-corrected chi connectivity index (χ1v) is 11.5. The number of rotatable bonds is 5. The first-order chi connectivity index (χ1) is 18.3. The maximum atomic E-state index is 12.1. The van der Waals surface area contributed by atoms with E-state index < -0.39 is 6.36 Å². The number of aromatic nitrogens is 3. The summed E-state index contributed by atoms with van der Waals surface area (Å²) in [4.78, 5) is 15.9. The van der Waals surface area contributed by atoms with Crippen molar-refractivity contribution >= 4 is 5.91 Å². The highest BCUT2D eigenvalue weighted by Gasteiger charge is 2.31. The minimum absolute atomic E-state index is 0.0561. The summed E-state index contributed by atoms with van der Waals surface area (Å²) in [5.41, 5.74) is 4.17. The molecular weight excluding hydrogens is 493 g/mol. The summed E-state index contributed by atoms with van der Waals surface area (Å²) in [7, 11) is 1.64. The molecule has 0 aliphatic carbocycles. The van der Waals surface area contributed by atoms with E-state index in [1.807, 2.05) is 84.9 Å². The summed E-state index contributed by atoms with van der Waals surface area (Å²) in [6, 6.07) is 32.3. The number of nitrogens with zero attached hydrogens (tertiary/aromatic N) is 3. The summed E-state index contributed by atoms with van der Waals surface area (Å²) in [5.74, 6) is 0.204. The molecule has 5 aromatic rings. The predicted octanol–water partition coefficient (Wildman–Crippen LogP) is 6.55. The van der Waals surface area contributed by atoms with E-state index >= 15 is 0 Å². The molecule has 1 aromatic heterocycles. The second kappa shape index (κ2) is 11.9. The van der Waals surface area contributed by atoms with Gasteiger partial charge < -0.3 is 10.1 Å². The predicted molar refractivity (Wildman–Crippen MR) is 139 cm³/mol. The Labute approximate surface area is 217 Å². The molecule has 1 amide bonds. The number of alkyl halides is 3. The molecule has 5 rings (SSSR count). The lowest BCUT2D eigenvalue weighted by Crippen LogP contribution is -2.18. The van der Waals surface area contributed by atoms with E-state index in [1.165, 1.54) is 35.3 Å². The molecule has 1 N–H and O–H groups in total. The normalized spacial score (nSPS) is 10.7. The second-order valence-corrected chi connectivity index (χ2v) is 7.91. The Balaban J connectivity index is 0.000000186. The molecule has 6 nitrogen and oxygen atoms in total. The van der Waals surface area contributed by atoms with Crippen LogP contribution in [-0.2, 0) is 0 Å². The molecular formula is C29H23F3N4O2. The van der Waals surface area contributed by atoms with Gasteiger partial charge in [-0.3, -0.25) is 4.79 Å². The van der Waals surface area contributed by atoms with E-state index in [9.17, 15) is 18.0 Å². The van der Waals surface area contributed by atoms with Crippen molar-refractivity contribution in [1.82, 2.24) is 20.1 Å². The first kappa shape index (κ1) is 26.2. The largest absolute Gasteiger partial charge is 0.573 e. The van der Waals surface area contributed by atoms with Crippen LogP contribution in [0.5, 0.6) is 5.75 Å². The number of halogens is 3. The summed E-state index contributed by atoms with van der Waals surface area (Å²) >= 11 is 0. The van der Waals surface area contributed by atoms with Gasteiger partial charge in [-0.25, -0.2) is 9.67 Å². The van der Waals surface area contributed by atoms with Crippen molar-refractivity contribution in [3.05, 3.63) is 121 Å². The molecule has 38 heavy (non-hydrogen) atoms.